The Morgan fingerprint density at radius 1 is 1.47 bits per heavy atom. The van der Waals surface area contributed by atoms with E-state index in [9.17, 15) is 13.2 Å². The maximum atomic E-state index is 11.8. The third-order valence-corrected chi connectivity index (χ3v) is 4.75. The van der Waals surface area contributed by atoms with E-state index in [1.54, 1.807) is 0 Å². The first kappa shape index (κ1) is 16.4. The Kier molecular flexibility index (Phi) is 6.74. The van der Waals surface area contributed by atoms with Crippen molar-refractivity contribution in [1.82, 2.24) is 14.9 Å². The topological polar surface area (TPSA) is 78.5 Å². The average Bonchev–Trinajstić information content (AvgIpc) is 2.38. The van der Waals surface area contributed by atoms with Crippen LogP contribution in [0.15, 0.2) is 0 Å². The Morgan fingerprint density at radius 2 is 2.21 bits per heavy atom. The van der Waals surface area contributed by atoms with Gasteiger partial charge in [0, 0.05) is 26.2 Å². The molecule has 1 heterocycles. The molecular weight excluding hydrogens is 266 g/mol. The highest BCUT2D eigenvalue weighted by Gasteiger charge is 2.20. The zero-order chi connectivity index (χ0) is 14.3. The van der Waals surface area contributed by atoms with E-state index in [2.05, 4.69) is 10.6 Å². The van der Waals surface area contributed by atoms with Crippen molar-refractivity contribution in [3.63, 3.8) is 0 Å². The van der Waals surface area contributed by atoms with Gasteiger partial charge in [0.05, 0.1) is 12.2 Å². The predicted octanol–water partition coefficient (Wildman–Crippen LogP) is -0.226. The maximum absolute atomic E-state index is 11.8. The summed E-state index contributed by atoms with van der Waals surface area (Å²) in [6.45, 7) is 5.01. The number of carbonyl (C=O) groups excluding carboxylic acids is 1. The van der Waals surface area contributed by atoms with Crippen LogP contribution in [0, 0.1) is 5.92 Å². The number of rotatable bonds is 7. The Hall–Kier alpha value is -0.660. The lowest BCUT2D eigenvalue weighted by atomic mass is 9.99. The zero-order valence-corrected chi connectivity index (χ0v) is 12.6. The molecule has 1 saturated heterocycles. The smallest absolute Gasteiger partial charge is 0.224 e. The lowest BCUT2D eigenvalue weighted by Gasteiger charge is -2.22. The van der Waals surface area contributed by atoms with Crippen LogP contribution in [-0.2, 0) is 14.8 Å². The number of amides is 1. The molecule has 19 heavy (non-hydrogen) atoms. The summed E-state index contributed by atoms with van der Waals surface area (Å²) in [4.78, 5) is 11.8. The normalized spacial score (nSPS) is 20.5. The molecule has 0 bridgehead atoms. The van der Waals surface area contributed by atoms with E-state index < -0.39 is 10.0 Å². The molecule has 1 aliphatic heterocycles. The van der Waals surface area contributed by atoms with Crippen LogP contribution in [0.25, 0.3) is 0 Å². The van der Waals surface area contributed by atoms with Gasteiger partial charge in [0.25, 0.3) is 0 Å². The molecule has 7 heteroatoms. The van der Waals surface area contributed by atoms with E-state index in [4.69, 9.17) is 0 Å². The summed E-state index contributed by atoms with van der Waals surface area (Å²) >= 11 is 0. The van der Waals surface area contributed by atoms with Crippen LogP contribution >= 0.6 is 0 Å². The molecule has 0 aromatic carbocycles. The second-order valence-corrected chi connectivity index (χ2v) is 6.92. The van der Waals surface area contributed by atoms with Gasteiger partial charge in [-0.05, 0) is 25.8 Å². The van der Waals surface area contributed by atoms with Gasteiger partial charge in [-0.1, -0.05) is 6.92 Å². The summed E-state index contributed by atoms with van der Waals surface area (Å²) in [5.41, 5.74) is 0. The van der Waals surface area contributed by atoms with Crippen LogP contribution in [0.4, 0.5) is 0 Å². The number of hydrogen-bond donors (Lipinski definition) is 2. The van der Waals surface area contributed by atoms with Crippen LogP contribution in [0.5, 0.6) is 0 Å². The first-order valence-corrected chi connectivity index (χ1v) is 8.73. The number of nitrogens with zero attached hydrogens (tertiary/aromatic N) is 1. The minimum atomic E-state index is -3.13. The number of hydrogen-bond acceptors (Lipinski definition) is 4. The van der Waals surface area contributed by atoms with Crippen LogP contribution in [-0.4, -0.2) is 57.6 Å². The van der Waals surface area contributed by atoms with Crippen molar-refractivity contribution >= 4 is 15.9 Å². The van der Waals surface area contributed by atoms with Gasteiger partial charge >= 0.3 is 0 Å². The summed E-state index contributed by atoms with van der Waals surface area (Å²) in [5, 5.41) is 6.09. The van der Waals surface area contributed by atoms with Crippen molar-refractivity contribution in [2.75, 3.05) is 39.0 Å². The van der Waals surface area contributed by atoms with Crippen molar-refractivity contribution in [3.05, 3.63) is 0 Å². The molecule has 0 aromatic heterocycles. The highest BCUT2D eigenvalue weighted by Crippen LogP contribution is 2.09. The second-order valence-electron chi connectivity index (χ2n) is 4.94. The fraction of sp³-hybridized carbons (Fsp3) is 0.917. The van der Waals surface area contributed by atoms with Crippen molar-refractivity contribution in [3.8, 4) is 0 Å². The largest absolute Gasteiger partial charge is 0.356 e. The predicted molar refractivity (Wildman–Crippen MR) is 75.3 cm³/mol. The molecule has 1 rings (SSSR count). The van der Waals surface area contributed by atoms with Crippen molar-refractivity contribution in [1.29, 1.82) is 0 Å². The van der Waals surface area contributed by atoms with Gasteiger partial charge in [-0.3, -0.25) is 4.79 Å². The summed E-state index contributed by atoms with van der Waals surface area (Å²) in [6.07, 6.45) is 3.83. The Balaban J connectivity index is 2.21. The highest BCUT2D eigenvalue weighted by atomic mass is 32.2. The van der Waals surface area contributed by atoms with Crippen LogP contribution in [0.2, 0.25) is 0 Å². The van der Waals surface area contributed by atoms with Gasteiger partial charge in [0.2, 0.25) is 15.9 Å². The van der Waals surface area contributed by atoms with Crippen molar-refractivity contribution < 1.29 is 13.2 Å². The number of carbonyl (C=O) groups is 1. The highest BCUT2D eigenvalue weighted by molar-refractivity contribution is 7.88. The molecule has 0 aromatic rings. The zero-order valence-electron chi connectivity index (χ0n) is 11.8. The summed E-state index contributed by atoms with van der Waals surface area (Å²) in [6, 6.07) is 0. The Bertz CT molecular complexity index is 378. The van der Waals surface area contributed by atoms with Crippen molar-refractivity contribution in [2.45, 2.75) is 26.2 Å². The molecule has 112 valence electrons. The van der Waals surface area contributed by atoms with E-state index in [1.165, 1.54) is 10.6 Å². The van der Waals surface area contributed by atoms with Gasteiger partial charge in [-0.2, -0.15) is 0 Å². The minimum absolute atomic E-state index is 0.0611. The second kappa shape index (κ2) is 7.81. The van der Waals surface area contributed by atoms with E-state index >= 15 is 0 Å². The molecule has 0 saturated carbocycles. The molecule has 1 fully saturated rings. The van der Waals surface area contributed by atoms with E-state index in [0.717, 1.165) is 25.9 Å². The molecule has 0 radical (unpaired) electrons. The fourth-order valence-corrected chi connectivity index (χ4v) is 3.18. The molecule has 6 nitrogen and oxygen atoms in total. The monoisotopic (exact) mass is 291 g/mol. The number of piperidine rings is 1. The van der Waals surface area contributed by atoms with Crippen LogP contribution in [0.1, 0.15) is 26.2 Å². The Labute approximate surface area is 116 Å². The fourth-order valence-electron chi connectivity index (χ4n) is 2.25. The SMILES string of the molecule is CCN(CCCNC(=O)[C@@H]1CCCNC1)S(C)(=O)=O. The van der Waals surface area contributed by atoms with Gasteiger partial charge in [-0.15, -0.1) is 0 Å². The standard InChI is InChI=1S/C12H25N3O3S/c1-3-15(19(2,17)18)9-5-8-14-12(16)11-6-4-7-13-10-11/h11,13H,3-10H2,1-2H3,(H,14,16)/t11-/m1/s1. The molecule has 1 aliphatic rings. The van der Waals surface area contributed by atoms with E-state index in [0.29, 0.717) is 26.1 Å². The summed E-state index contributed by atoms with van der Waals surface area (Å²) in [7, 11) is -3.13. The minimum Gasteiger partial charge on any atom is -0.356 e. The molecule has 1 amide bonds. The third kappa shape index (κ3) is 5.88. The van der Waals surface area contributed by atoms with Gasteiger partial charge < -0.3 is 10.6 Å². The maximum Gasteiger partial charge on any atom is 0.224 e. The quantitative estimate of drug-likeness (QED) is 0.635. The summed E-state index contributed by atoms with van der Waals surface area (Å²) < 4.78 is 24.2. The first-order valence-electron chi connectivity index (χ1n) is 6.88. The lowest BCUT2D eigenvalue weighted by Crippen LogP contribution is -2.41. The molecule has 1 atom stereocenters. The van der Waals surface area contributed by atoms with Crippen LogP contribution < -0.4 is 10.6 Å². The molecule has 2 N–H and O–H groups in total. The molecule has 0 aliphatic carbocycles. The number of sulfonamides is 1. The summed E-state index contributed by atoms with van der Waals surface area (Å²) in [5.74, 6) is 0.139. The lowest BCUT2D eigenvalue weighted by molar-refractivity contribution is -0.125. The van der Waals surface area contributed by atoms with E-state index in [1.807, 2.05) is 6.92 Å². The van der Waals surface area contributed by atoms with E-state index in [-0.39, 0.29) is 11.8 Å². The van der Waals surface area contributed by atoms with Gasteiger partial charge in [-0.25, -0.2) is 12.7 Å². The van der Waals surface area contributed by atoms with Gasteiger partial charge in [0.1, 0.15) is 0 Å². The first-order chi connectivity index (χ1) is 8.95. The molecule has 0 spiro atoms. The van der Waals surface area contributed by atoms with Gasteiger partial charge in [0.15, 0.2) is 0 Å². The molecular formula is C12H25N3O3S. The Morgan fingerprint density at radius 3 is 2.74 bits per heavy atom. The third-order valence-electron chi connectivity index (χ3n) is 3.37. The van der Waals surface area contributed by atoms with Crippen molar-refractivity contribution in [2.24, 2.45) is 5.92 Å². The number of nitrogens with one attached hydrogen (secondary N) is 2. The average molecular weight is 291 g/mol. The van der Waals surface area contributed by atoms with Crippen LogP contribution in [0.3, 0.4) is 0 Å². The molecule has 0 unspecified atom stereocenters.